The van der Waals surface area contributed by atoms with Gasteiger partial charge in [-0.1, -0.05) is 35.9 Å². The highest BCUT2D eigenvalue weighted by atomic mass is 35.5. The first-order valence-electron chi connectivity index (χ1n) is 10.4. The van der Waals surface area contributed by atoms with Crippen molar-refractivity contribution in [1.82, 2.24) is 9.80 Å². The minimum atomic E-state index is -0.486. The van der Waals surface area contributed by atoms with Gasteiger partial charge < -0.3 is 9.32 Å². The first-order valence-corrected chi connectivity index (χ1v) is 11.6. The maximum atomic E-state index is 12.8. The van der Waals surface area contributed by atoms with Crippen molar-refractivity contribution in [2.24, 2.45) is 0 Å². The topological polar surface area (TPSA) is 70.8 Å². The zero-order valence-electron chi connectivity index (χ0n) is 17.5. The van der Waals surface area contributed by atoms with Crippen LogP contribution in [0.25, 0.3) is 17.4 Å². The van der Waals surface area contributed by atoms with Gasteiger partial charge >= 0.3 is 0 Å². The number of hydrogen-bond donors (Lipinski definition) is 0. The third-order valence-corrected chi connectivity index (χ3v) is 6.84. The summed E-state index contributed by atoms with van der Waals surface area (Å²) in [5.74, 6) is 0.346. The molecule has 2 aromatic carbocycles. The van der Waals surface area contributed by atoms with Gasteiger partial charge in [0.15, 0.2) is 0 Å². The van der Waals surface area contributed by atoms with Crippen LogP contribution in [-0.4, -0.2) is 39.9 Å². The first-order chi connectivity index (χ1) is 16.0. The summed E-state index contributed by atoms with van der Waals surface area (Å²) in [7, 11) is 0. The molecule has 3 aromatic rings. The molecule has 1 aromatic heterocycles. The van der Waals surface area contributed by atoms with E-state index in [0.717, 1.165) is 34.2 Å². The van der Waals surface area contributed by atoms with Crippen LogP contribution in [0.1, 0.15) is 16.9 Å². The van der Waals surface area contributed by atoms with Crippen LogP contribution < -0.4 is 0 Å². The van der Waals surface area contributed by atoms with E-state index >= 15 is 0 Å². The minimum Gasteiger partial charge on any atom is -0.457 e. The Balaban J connectivity index is 1.27. The molecule has 1 saturated heterocycles. The Morgan fingerprint density at radius 3 is 2.58 bits per heavy atom. The summed E-state index contributed by atoms with van der Waals surface area (Å²) in [5.41, 5.74) is 3.17. The summed E-state index contributed by atoms with van der Waals surface area (Å²) in [5, 5.41) is 0.170. The molecule has 0 bridgehead atoms. The average molecular weight is 479 g/mol. The number of furan rings is 1. The van der Waals surface area contributed by atoms with Crippen molar-refractivity contribution >= 4 is 46.5 Å². The van der Waals surface area contributed by atoms with Crippen LogP contribution in [-0.2, 0) is 22.6 Å². The van der Waals surface area contributed by atoms with E-state index in [1.54, 1.807) is 29.2 Å². The van der Waals surface area contributed by atoms with E-state index in [2.05, 4.69) is 6.07 Å². The van der Waals surface area contributed by atoms with E-state index in [9.17, 15) is 14.4 Å². The van der Waals surface area contributed by atoms with Crippen molar-refractivity contribution in [3.8, 4) is 11.3 Å². The van der Waals surface area contributed by atoms with Crippen molar-refractivity contribution < 1.29 is 18.8 Å². The zero-order chi connectivity index (χ0) is 22.9. The molecule has 1 fully saturated rings. The van der Waals surface area contributed by atoms with Crippen molar-refractivity contribution in [2.75, 3.05) is 13.1 Å². The monoisotopic (exact) mass is 478 g/mol. The Hall–Kier alpha value is -3.29. The highest BCUT2D eigenvalue weighted by molar-refractivity contribution is 8.18. The fourth-order valence-corrected chi connectivity index (χ4v) is 4.85. The lowest BCUT2D eigenvalue weighted by molar-refractivity contribution is -0.136. The van der Waals surface area contributed by atoms with E-state index < -0.39 is 11.1 Å². The molecule has 0 unspecified atom stereocenters. The van der Waals surface area contributed by atoms with Gasteiger partial charge in [0.25, 0.3) is 11.1 Å². The summed E-state index contributed by atoms with van der Waals surface area (Å²) in [6.45, 7) is 0.793. The van der Waals surface area contributed by atoms with Crippen LogP contribution in [0.15, 0.2) is 70.0 Å². The molecule has 0 aliphatic carbocycles. The van der Waals surface area contributed by atoms with Gasteiger partial charge in [0.2, 0.25) is 5.91 Å². The molecule has 2 aliphatic rings. The molecule has 0 spiro atoms. The number of rotatable bonds is 4. The lowest BCUT2D eigenvalue weighted by atomic mass is 10.00. The van der Waals surface area contributed by atoms with E-state index in [4.69, 9.17) is 16.0 Å². The lowest BCUT2D eigenvalue weighted by Gasteiger charge is -2.29. The van der Waals surface area contributed by atoms with Crippen LogP contribution in [0, 0.1) is 0 Å². The van der Waals surface area contributed by atoms with Crippen LogP contribution in [0.4, 0.5) is 4.79 Å². The number of nitrogens with zero attached hydrogens (tertiary/aromatic N) is 2. The summed E-state index contributed by atoms with van der Waals surface area (Å²) in [4.78, 5) is 41.1. The average Bonchev–Trinajstić information content (AvgIpc) is 3.39. The molecule has 8 heteroatoms. The van der Waals surface area contributed by atoms with Crippen molar-refractivity contribution in [2.45, 2.75) is 13.0 Å². The number of benzene rings is 2. The number of amides is 3. The Bertz CT molecular complexity index is 1280. The summed E-state index contributed by atoms with van der Waals surface area (Å²) < 4.78 is 5.81. The van der Waals surface area contributed by atoms with E-state index in [-0.39, 0.29) is 17.4 Å². The van der Waals surface area contributed by atoms with Crippen LogP contribution in [0.2, 0.25) is 5.02 Å². The highest BCUT2D eigenvalue weighted by Gasteiger charge is 2.37. The number of imide groups is 1. The number of thioether (sulfide) groups is 1. The Morgan fingerprint density at radius 2 is 1.79 bits per heavy atom. The standard InChI is InChI=1S/C25H19ClN2O4S/c26-19-7-5-17(6-8-19)21-10-9-20(32-21)13-22-24(30)28(25(31)33-22)15-23(29)27-12-11-16-3-1-2-4-18(16)14-27/h1-10,13H,11-12,14-15H2/b22-13+. The minimum absolute atomic E-state index is 0.230. The molecular formula is C25H19ClN2O4S. The largest absolute Gasteiger partial charge is 0.457 e. The van der Waals surface area contributed by atoms with Gasteiger partial charge in [-0.25, -0.2) is 0 Å². The van der Waals surface area contributed by atoms with Gasteiger partial charge in [0.1, 0.15) is 18.1 Å². The normalized spacial score (nSPS) is 17.1. The van der Waals surface area contributed by atoms with Crippen molar-refractivity contribution in [1.29, 1.82) is 0 Å². The molecule has 3 amide bonds. The fourth-order valence-electron chi connectivity index (χ4n) is 3.91. The smallest absolute Gasteiger partial charge is 0.294 e. The molecule has 0 radical (unpaired) electrons. The Kier molecular flexibility index (Phi) is 5.83. The highest BCUT2D eigenvalue weighted by Crippen LogP contribution is 2.33. The lowest BCUT2D eigenvalue weighted by Crippen LogP contribution is -2.44. The van der Waals surface area contributed by atoms with Gasteiger partial charge in [0, 0.05) is 29.8 Å². The molecular weight excluding hydrogens is 460 g/mol. The number of carbonyl (C=O) groups is 3. The third-order valence-electron chi connectivity index (χ3n) is 5.68. The predicted octanol–water partition coefficient (Wildman–Crippen LogP) is 5.22. The van der Waals surface area contributed by atoms with Crippen LogP contribution in [0.3, 0.4) is 0 Å². The van der Waals surface area contributed by atoms with Gasteiger partial charge in [-0.3, -0.25) is 19.3 Å². The number of fused-ring (bicyclic) bond motifs is 1. The quantitative estimate of drug-likeness (QED) is 0.481. The second kappa shape index (κ2) is 8.92. The van der Waals surface area contributed by atoms with Crippen molar-refractivity contribution in [3.05, 3.63) is 87.5 Å². The van der Waals surface area contributed by atoms with Gasteiger partial charge in [0.05, 0.1) is 4.91 Å². The van der Waals surface area contributed by atoms with E-state index in [1.165, 1.54) is 11.6 Å². The molecule has 0 N–H and O–H groups in total. The molecule has 6 nitrogen and oxygen atoms in total. The molecule has 3 heterocycles. The van der Waals surface area contributed by atoms with Gasteiger partial charge in [-0.05, 0) is 65.7 Å². The maximum Gasteiger partial charge on any atom is 0.294 e. The number of hydrogen-bond acceptors (Lipinski definition) is 5. The maximum absolute atomic E-state index is 12.8. The number of halogens is 1. The predicted molar refractivity (Wildman–Crippen MR) is 127 cm³/mol. The summed E-state index contributed by atoms with van der Waals surface area (Å²) in [6, 6.07) is 18.7. The fraction of sp³-hybridized carbons (Fsp3) is 0.160. The summed E-state index contributed by atoms with van der Waals surface area (Å²) >= 11 is 6.74. The second-order valence-electron chi connectivity index (χ2n) is 7.81. The first kappa shape index (κ1) is 21.6. The van der Waals surface area contributed by atoms with Gasteiger partial charge in [-0.2, -0.15) is 0 Å². The molecule has 166 valence electrons. The molecule has 33 heavy (non-hydrogen) atoms. The van der Waals surface area contributed by atoms with E-state index in [0.29, 0.717) is 29.6 Å². The second-order valence-corrected chi connectivity index (χ2v) is 9.24. The molecule has 2 aliphatic heterocycles. The molecule has 0 atom stereocenters. The van der Waals surface area contributed by atoms with Crippen molar-refractivity contribution in [3.63, 3.8) is 0 Å². The Morgan fingerprint density at radius 1 is 1.03 bits per heavy atom. The van der Waals surface area contributed by atoms with E-state index in [1.807, 2.05) is 30.3 Å². The van der Waals surface area contributed by atoms with Crippen LogP contribution in [0.5, 0.6) is 0 Å². The van der Waals surface area contributed by atoms with Crippen LogP contribution >= 0.6 is 23.4 Å². The number of carbonyl (C=O) groups excluding carboxylic acids is 3. The Labute approximate surface area is 199 Å². The summed E-state index contributed by atoms with van der Waals surface area (Å²) in [6.07, 6.45) is 2.30. The van der Waals surface area contributed by atoms with Gasteiger partial charge in [-0.15, -0.1) is 0 Å². The zero-order valence-corrected chi connectivity index (χ0v) is 19.1. The molecule has 0 saturated carbocycles. The third kappa shape index (κ3) is 4.47. The molecule has 5 rings (SSSR count). The SMILES string of the molecule is O=C(CN1C(=O)S/C(=C/c2ccc(-c3ccc(Cl)cc3)o2)C1=O)N1CCc2ccccc2C1.